The Hall–Kier alpha value is -4.38. The number of hydrogen-bond donors (Lipinski definition) is 2. The van der Waals surface area contributed by atoms with E-state index in [4.69, 9.17) is 4.74 Å². The number of nitrogens with one attached hydrogen (secondary N) is 1. The minimum atomic E-state index is -1.17. The molecule has 5 rings (SSSR count). The number of carbonyl (C=O) groups excluding carboxylic acids is 1. The van der Waals surface area contributed by atoms with Crippen LogP contribution in [0, 0.1) is 0 Å². The summed E-state index contributed by atoms with van der Waals surface area (Å²) in [4.78, 5) is 24.8. The average molecular weight is 450 g/mol. The number of aromatic carboxylic acids is 1. The van der Waals surface area contributed by atoms with E-state index in [0.717, 1.165) is 27.8 Å². The number of carbonyl (C=O) groups is 2. The minimum Gasteiger partial charge on any atom is -0.478 e. The van der Waals surface area contributed by atoms with Crippen molar-refractivity contribution in [1.29, 1.82) is 0 Å². The molecule has 0 unspecified atom stereocenters. The molecule has 2 N–H and O–H groups in total. The van der Waals surface area contributed by atoms with E-state index in [0.29, 0.717) is 12.2 Å². The number of carboxylic acid groups (broad SMARTS) is 1. The van der Waals surface area contributed by atoms with Gasteiger partial charge in [0.25, 0.3) is 0 Å². The van der Waals surface area contributed by atoms with Crippen molar-refractivity contribution in [3.8, 4) is 11.1 Å². The van der Waals surface area contributed by atoms with Crippen LogP contribution in [0.5, 0.6) is 0 Å². The van der Waals surface area contributed by atoms with Gasteiger partial charge in [-0.25, -0.2) is 9.59 Å². The highest BCUT2D eigenvalue weighted by atomic mass is 16.5. The van der Waals surface area contributed by atoms with Crippen LogP contribution in [0.4, 0.5) is 5.69 Å². The van der Waals surface area contributed by atoms with Gasteiger partial charge in [-0.15, -0.1) is 0 Å². The molecule has 1 aliphatic rings. The molecule has 0 atom stereocenters. The fourth-order valence-corrected chi connectivity index (χ4v) is 4.49. The van der Waals surface area contributed by atoms with Crippen molar-refractivity contribution >= 4 is 17.6 Å². The highest BCUT2D eigenvalue weighted by Gasteiger charge is 2.29. The number of esters is 1. The number of ether oxygens (including phenoxy) is 1. The van der Waals surface area contributed by atoms with E-state index in [9.17, 15) is 14.7 Å². The summed E-state index contributed by atoms with van der Waals surface area (Å²) in [7, 11) is 0. The molecule has 5 nitrogen and oxygen atoms in total. The Labute approximate surface area is 197 Å². The van der Waals surface area contributed by atoms with Crippen LogP contribution in [-0.4, -0.2) is 23.7 Å². The summed E-state index contributed by atoms with van der Waals surface area (Å²) in [5, 5.41) is 12.9. The number of carboxylic acids is 1. The molecule has 0 saturated heterocycles. The van der Waals surface area contributed by atoms with Gasteiger partial charge in [0, 0.05) is 18.2 Å². The minimum absolute atomic E-state index is 0.0325. The van der Waals surface area contributed by atoms with Gasteiger partial charge in [0.05, 0.1) is 11.1 Å². The number of benzene rings is 4. The summed E-state index contributed by atoms with van der Waals surface area (Å²) in [5.74, 6) is -1.91. The molecular formula is C29H23NO4. The molecule has 0 saturated carbocycles. The molecule has 0 amide bonds. The number of hydrogen-bond acceptors (Lipinski definition) is 4. The number of anilines is 1. The standard InChI is InChI=1S/C29H23NO4/c31-28(32)25-15-14-20(30-17-19-8-2-1-3-9-19)16-26(25)29(33)34-18-27-23-12-6-4-10-21(23)22-11-5-7-13-24(22)27/h1-16,27,30H,17-18H2,(H,31,32). The lowest BCUT2D eigenvalue weighted by atomic mass is 9.98. The van der Waals surface area contributed by atoms with Crippen molar-refractivity contribution < 1.29 is 19.4 Å². The van der Waals surface area contributed by atoms with E-state index in [1.165, 1.54) is 6.07 Å². The molecule has 0 spiro atoms. The van der Waals surface area contributed by atoms with Crippen LogP contribution in [0.2, 0.25) is 0 Å². The van der Waals surface area contributed by atoms with Gasteiger partial charge in [-0.3, -0.25) is 0 Å². The maximum absolute atomic E-state index is 13.1. The predicted octanol–water partition coefficient (Wildman–Crippen LogP) is 5.97. The lowest BCUT2D eigenvalue weighted by molar-refractivity contribution is 0.0483. The van der Waals surface area contributed by atoms with Crippen LogP contribution in [-0.2, 0) is 11.3 Å². The van der Waals surface area contributed by atoms with E-state index in [-0.39, 0.29) is 23.7 Å². The SMILES string of the molecule is O=C(O)c1ccc(NCc2ccccc2)cc1C(=O)OCC1c2ccccc2-c2ccccc21. The fourth-order valence-electron chi connectivity index (χ4n) is 4.49. The zero-order chi connectivity index (χ0) is 23.5. The average Bonchev–Trinajstić information content (AvgIpc) is 3.20. The molecule has 34 heavy (non-hydrogen) atoms. The lowest BCUT2D eigenvalue weighted by Gasteiger charge is -2.15. The molecule has 0 aliphatic heterocycles. The molecule has 5 heteroatoms. The normalized spacial score (nSPS) is 12.0. The lowest BCUT2D eigenvalue weighted by Crippen LogP contribution is -2.16. The van der Waals surface area contributed by atoms with Gasteiger partial charge in [0.1, 0.15) is 6.61 Å². The highest BCUT2D eigenvalue weighted by Crippen LogP contribution is 2.44. The maximum Gasteiger partial charge on any atom is 0.339 e. The summed E-state index contributed by atoms with van der Waals surface area (Å²) >= 11 is 0. The van der Waals surface area contributed by atoms with Crippen molar-refractivity contribution in [2.75, 3.05) is 11.9 Å². The van der Waals surface area contributed by atoms with E-state index in [1.807, 2.05) is 66.7 Å². The van der Waals surface area contributed by atoms with Crippen LogP contribution in [0.25, 0.3) is 11.1 Å². The quantitative estimate of drug-likeness (QED) is 0.340. The Bertz CT molecular complexity index is 1320. The summed E-state index contributed by atoms with van der Waals surface area (Å²) < 4.78 is 5.70. The molecular weight excluding hydrogens is 426 g/mol. The van der Waals surface area contributed by atoms with Gasteiger partial charge in [-0.05, 0) is 46.0 Å². The molecule has 4 aromatic rings. The van der Waals surface area contributed by atoms with E-state index >= 15 is 0 Å². The summed E-state index contributed by atoms with van der Waals surface area (Å²) in [6.07, 6.45) is 0. The zero-order valence-corrected chi connectivity index (χ0v) is 18.4. The maximum atomic E-state index is 13.1. The first-order chi connectivity index (χ1) is 16.6. The Morgan fingerprint density at radius 2 is 1.38 bits per heavy atom. The predicted molar refractivity (Wildman–Crippen MR) is 131 cm³/mol. The topological polar surface area (TPSA) is 75.6 Å². The smallest absolute Gasteiger partial charge is 0.339 e. The van der Waals surface area contributed by atoms with Gasteiger partial charge in [-0.1, -0.05) is 78.9 Å². The fraction of sp³-hybridized carbons (Fsp3) is 0.103. The number of rotatable bonds is 7. The second-order valence-corrected chi connectivity index (χ2v) is 8.23. The van der Waals surface area contributed by atoms with Gasteiger partial charge < -0.3 is 15.2 Å². The van der Waals surface area contributed by atoms with E-state index < -0.39 is 11.9 Å². The third-order valence-corrected chi connectivity index (χ3v) is 6.15. The molecule has 0 fully saturated rings. The molecule has 168 valence electrons. The molecule has 0 aromatic heterocycles. The highest BCUT2D eigenvalue weighted by molar-refractivity contribution is 6.03. The molecule has 4 aromatic carbocycles. The van der Waals surface area contributed by atoms with Gasteiger partial charge in [0.2, 0.25) is 0 Å². The van der Waals surface area contributed by atoms with Crippen LogP contribution >= 0.6 is 0 Å². The monoisotopic (exact) mass is 449 g/mol. The van der Waals surface area contributed by atoms with E-state index in [2.05, 4.69) is 17.4 Å². The van der Waals surface area contributed by atoms with Crippen molar-refractivity contribution in [1.82, 2.24) is 0 Å². The second kappa shape index (κ2) is 9.24. The second-order valence-electron chi connectivity index (χ2n) is 8.23. The van der Waals surface area contributed by atoms with Crippen LogP contribution in [0.1, 0.15) is 43.3 Å². The van der Waals surface area contributed by atoms with Gasteiger partial charge in [-0.2, -0.15) is 0 Å². The Balaban J connectivity index is 1.36. The first-order valence-electron chi connectivity index (χ1n) is 11.1. The first-order valence-corrected chi connectivity index (χ1v) is 11.1. The van der Waals surface area contributed by atoms with Crippen molar-refractivity contribution in [3.05, 3.63) is 125 Å². The van der Waals surface area contributed by atoms with Gasteiger partial charge in [0.15, 0.2) is 0 Å². The third kappa shape index (κ3) is 4.16. The molecule has 1 aliphatic carbocycles. The molecule has 0 radical (unpaired) electrons. The van der Waals surface area contributed by atoms with Crippen LogP contribution in [0.3, 0.4) is 0 Å². The molecule has 0 heterocycles. The van der Waals surface area contributed by atoms with Crippen LogP contribution < -0.4 is 5.32 Å². The van der Waals surface area contributed by atoms with Gasteiger partial charge >= 0.3 is 11.9 Å². The zero-order valence-electron chi connectivity index (χ0n) is 18.4. The van der Waals surface area contributed by atoms with E-state index in [1.54, 1.807) is 12.1 Å². The largest absolute Gasteiger partial charge is 0.478 e. The summed E-state index contributed by atoms with van der Waals surface area (Å²) in [5.41, 5.74) is 6.16. The summed E-state index contributed by atoms with van der Waals surface area (Å²) in [6.45, 7) is 0.685. The van der Waals surface area contributed by atoms with Crippen molar-refractivity contribution in [2.24, 2.45) is 0 Å². The molecule has 0 bridgehead atoms. The first kappa shape index (κ1) is 21.5. The Morgan fingerprint density at radius 3 is 2.03 bits per heavy atom. The van der Waals surface area contributed by atoms with Crippen molar-refractivity contribution in [2.45, 2.75) is 12.5 Å². The third-order valence-electron chi connectivity index (χ3n) is 6.15. The Morgan fingerprint density at radius 1 is 0.765 bits per heavy atom. The Kier molecular flexibility index (Phi) is 5.83. The van der Waals surface area contributed by atoms with Crippen molar-refractivity contribution in [3.63, 3.8) is 0 Å². The van der Waals surface area contributed by atoms with Crippen LogP contribution in [0.15, 0.2) is 97.1 Å². The summed E-state index contributed by atoms with van der Waals surface area (Å²) in [6, 6.07) is 30.7. The number of fused-ring (bicyclic) bond motifs is 3.